The van der Waals surface area contributed by atoms with E-state index in [1.807, 2.05) is 13.1 Å². The minimum atomic E-state index is 0.231. The number of nitrogens with zero attached hydrogens (tertiary/aromatic N) is 5. The van der Waals surface area contributed by atoms with Crippen LogP contribution in [-0.4, -0.2) is 38.1 Å². The minimum absolute atomic E-state index is 0.231. The van der Waals surface area contributed by atoms with E-state index < -0.39 is 0 Å². The zero-order valence-corrected chi connectivity index (χ0v) is 17.8. The summed E-state index contributed by atoms with van der Waals surface area (Å²) >= 11 is 1.51. The Balaban J connectivity index is 1.22. The molecule has 2 aliphatic rings. The largest absolute Gasteiger partial charge is 0.460 e. The van der Waals surface area contributed by atoms with Crippen LogP contribution in [0.15, 0.2) is 30.9 Å². The summed E-state index contributed by atoms with van der Waals surface area (Å²) < 4.78 is 6.10. The molecule has 30 heavy (non-hydrogen) atoms. The molecule has 0 bridgehead atoms. The van der Waals surface area contributed by atoms with Crippen LogP contribution in [0, 0.1) is 5.41 Å². The first-order valence-corrected chi connectivity index (χ1v) is 11.2. The van der Waals surface area contributed by atoms with Crippen molar-refractivity contribution >= 4 is 22.3 Å². The topological polar surface area (TPSA) is 97.7 Å². The van der Waals surface area contributed by atoms with Gasteiger partial charge >= 0.3 is 6.01 Å². The van der Waals surface area contributed by atoms with E-state index in [4.69, 9.17) is 4.74 Å². The summed E-state index contributed by atoms with van der Waals surface area (Å²) in [6.07, 6.45) is 14.8. The van der Waals surface area contributed by atoms with Crippen LogP contribution in [0.25, 0.3) is 10.6 Å². The molecule has 2 saturated carbocycles. The van der Waals surface area contributed by atoms with Crippen LogP contribution < -0.4 is 15.4 Å². The van der Waals surface area contributed by atoms with E-state index in [1.54, 1.807) is 24.8 Å². The van der Waals surface area contributed by atoms with Gasteiger partial charge in [0.1, 0.15) is 6.10 Å². The molecular weight excluding hydrogens is 398 g/mol. The Morgan fingerprint density at radius 3 is 2.67 bits per heavy atom. The third kappa shape index (κ3) is 4.41. The average Bonchev–Trinajstić information content (AvgIpc) is 3.36. The molecule has 2 N–H and O–H groups in total. The van der Waals surface area contributed by atoms with E-state index in [9.17, 15) is 0 Å². The molecule has 0 aliphatic heterocycles. The summed E-state index contributed by atoms with van der Waals surface area (Å²) in [5.41, 5.74) is 2.36. The molecule has 3 aromatic rings. The summed E-state index contributed by atoms with van der Waals surface area (Å²) in [7, 11) is 1.88. The maximum Gasteiger partial charge on any atom is 0.317 e. The third-order valence-corrected chi connectivity index (χ3v) is 6.85. The van der Waals surface area contributed by atoms with Crippen molar-refractivity contribution < 1.29 is 4.74 Å². The number of thiazole rings is 1. The molecule has 8 nitrogen and oxygen atoms in total. The van der Waals surface area contributed by atoms with Crippen molar-refractivity contribution in [1.82, 2.24) is 30.2 Å². The van der Waals surface area contributed by atoms with Gasteiger partial charge in [-0.3, -0.25) is 4.98 Å². The van der Waals surface area contributed by atoms with Crippen LogP contribution in [0.3, 0.4) is 0 Å². The average molecular weight is 424 g/mol. The first-order chi connectivity index (χ1) is 14.7. The van der Waals surface area contributed by atoms with Gasteiger partial charge in [0.05, 0.1) is 28.7 Å². The van der Waals surface area contributed by atoms with Crippen LogP contribution in [-0.2, 0) is 6.54 Å². The molecular formula is C21H25N7OS. The molecule has 5 rings (SSSR count). The number of aromatic nitrogens is 5. The number of anilines is 2. The Labute approximate surface area is 179 Å². The standard InChI is InChI=1S/C21H25N7OS/c1-22-10-14-11-25-18(13-24-14)28-20-26-12-17(30-20)16-4-9-23-19(27-16)29-15-2-5-21(6-3-15)7-8-21/h4,9,11-13,15,22H,2-3,5-8,10H2,1H3,(H,25,26,28). The second kappa shape index (κ2) is 8.23. The number of rotatable bonds is 7. The second-order valence-corrected chi connectivity index (χ2v) is 9.15. The molecule has 0 saturated heterocycles. The number of ether oxygens (including phenoxy) is 1. The molecule has 0 radical (unpaired) electrons. The van der Waals surface area contributed by atoms with Gasteiger partial charge in [0.15, 0.2) is 10.9 Å². The quantitative estimate of drug-likeness (QED) is 0.589. The van der Waals surface area contributed by atoms with Crippen LogP contribution in [0.1, 0.15) is 44.2 Å². The van der Waals surface area contributed by atoms with Crippen molar-refractivity contribution in [3.63, 3.8) is 0 Å². The first kappa shape index (κ1) is 19.3. The van der Waals surface area contributed by atoms with E-state index in [-0.39, 0.29) is 6.10 Å². The van der Waals surface area contributed by atoms with Gasteiger partial charge in [-0.2, -0.15) is 4.98 Å². The van der Waals surface area contributed by atoms with E-state index in [0.717, 1.165) is 34.2 Å². The van der Waals surface area contributed by atoms with Crippen molar-refractivity contribution in [1.29, 1.82) is 0 Å². The summed E-state index contributed by atoms with van der Waals surface area (Å²) in [6, 6.07) is 2.34. The van der Waals surface area contributed by atoms with Gasteiger partial charge in [-0.05, 0) is 57.1 Å². The van der Waals surface area contributed by atoms with Gasteiger partial charge in [0.25, 0.3) is 0 Å². The van der Waals surface area contributed by atoms with Crippen molar-refractivity contribution in [2.75, 3.05) is 12.4 Å². The van der Waals surface area contributed by atoms with Gasteiger partial charge in [-0.1, -0.05) is 11.3 Å². The van der Waals surface area contributed by atoms with Crippen molar-refractivity contribution in [3.05, 3.63) is 36.5 Å². The Morgan fingerprint density at radius 1 is 1.07 bits per heavy atom. The van der Waals surface area contributed by atoms with E-state index in [2.05, 4.69) is 35.6 Å². The van der Waals surface area contributed by atoms with E-state index in [0.29, 0.717) is 23.8 Å². The number of nitrogens with one attached hydrogen (secondary N) is 2. The maximum atomic E-state index is 6.10. The van der Waals surface area contributed by atoms with Gasteiger partial charge < -0.3 is 15.4 Å². The number of hydrogen-bond acceptors (Lipinski definition) is 9. The highest BCUT2D eigenvalue weighted by Crippen LogP contribution is 2.56. The molecule has 2 aliphatic carbocycles. The van der Waals surface area contributed by atoms with Gasteiger partial charge in [-0.25, -0.2) is 15.0 Å². The van der Waals surface area contributed by atoms with Crippen molar-refractivity contribution in [3.8, 4) is 16.6 Å². The smallest absolute Gasteiger partial charge is 0.317 e. The zero-order chi connectivity index (χ0) is 20.4. The first-order valence-electron chi connectivity index (χ1n) is 10.4. The lowest BCUT2D eigenvalue weighted by Gasteiger charge is -2.28. The molecule has 3 heterocycles. The molecule has 9 heteroatoms. The molecule has 1 spiro atoms. The maximum absolute atomic E-state index is 6.10. The van der Waals surface area contributed by atoms with Crippen molar-refractivity contribution in [2.24, 2.45) is 5.41 Å². The van der Waals surface area contributed by atoms with E-state index >= 15 is 0 Å². The lowest BCUT2D eigenvalue weighted by atomic mass is 9.85. The second-order valence-electron chi connectivity index (χ2n) is 8.12. The molecule has 156 valence electrons. The zero-order valence-electron chi connectivity index (χ0n) is 17.0. The predicted molar refractivity (Wildman–Crippen MR) is 116 cm³/mol. The molecule has 0 aromatic carbocycles. The Morgan fingerprint density at radius 2 is 1.93 bits per heavy atom. The summed E-state index contributed by atoms with van der Waals surface area (Å²) in [6.45, 7) is 0.689. The summed E-state index contributed by atoms with van der Waals surface area (Å²) in [4.78, 5) is 23.1. The van der Waals surface area contributed by atoms with Gasteiger partial charge in [0, 0.05) is 18.9 Å². The van der Waals surface area contributed by atoms with Gasteiger partial charge in [0.2, 0.25) is 0 Å². The SMILES string of the molecule is CNCc1cnc(Nc2ncc(-c3ccnc(OC4CCC5(CC4)CC5)n3)s2)cn1. The monoisotopic (exact) mass is 423 g/mol. The van der Waals surface area contributed by atoms with E-state index in [1.165, 1.54) is 37.0 Å². The normalized spacial score (nSPS) is 17.8. The molecule has 0 atom stereocenters. The Bertz CT molecular complexity index is 993. The predicted octanol–water partition coefficient (Wildman–Crippen LogP) is 3.95. The fraction of sp³-hybridized carbons (Fsp3) is 0.476. The van der Waals surface area contributed by atoms with Gasteiger partial charge in [-0.15, -0.1) is 0 Å². The molecule has 2 fully saturated rings. The molecule has 0 amide bonds. The summed E-state index contributed by atoms with van der Waals surface area (Å²) in [5, 5.41) is 6.99. The van der Waals surface area contributed by atoms with Crippen LogP contribution >= 0.6 is 11.3 Å². The lowest BCUT2D eigenvalue weighted by molar-refractivity contribution is 0.114. The number of hydrogen-bond donors (Lipinski definition) is 2. The third-order valence-electron chi connectivity index (χ3n) is 5.91. The Hall–Kier alpha value is -2.65. The molecule has 0 unspecified atom stereocenters. The highest BCUT2D eigenvalue weighted by Gasteiger charge is 2.45. The van der Waals surface area contributed by atoms with Crippen molar-refractivity contribution in [2.45, 2.75) is 51.2 Å². The fourth-order valence-electron chi connectivity index (χ4n) is 3.93. The Kier molecular flexibility index (Phi) is 5.30. The highest BCUT2D eigenvalue weighted by atomic mass is 32.1. The van der Waals surface area contributed by atoms with Crippen LogP contribution in [0.2, 0.25) is 0 Å². The minimum Gasteiger partial charge on any atom is -0.460 e. The lowest BCUT2D eigenvalue weighted by Crippen LogP contribution is -2.25. The fourth-order valence-corrected chi connectivity index (χ4v) is 4.73. The summed E-state index contributed by atoms with van der Waals surface area (Å²) in [5.74, 6) is 0.660. The molecule has 3 aromatic heterocycles. The van der Waals surface area contributed by atoms with Crippen LogP contribution in [0.4, 0.5) is 10.9 Å². The highest BCUT2D eigenvalue weighted by molar-refractivity contribution is 7.18. The van der Waals surface area contributed by atoms with Crippen LogP contribution in [0.5, 0.6) is 6.01 Å².